The number of nitrogens with one attached hydrogen (secondary N) is 2. The smallest absolute Gasteiger partial charge is 0.261 e. The van der Waals surface area contributed by atoms with Crippen LogP contribution in [0.15, 0.2) is 18.2 Å². The van der Waals surface area contributed by atoms with Crippen LogP contribution in [0.2, 0.25) is 0 Å². The van der Waals surface area contributed by atoms with Crippen LogP contribution in [-0.2, 0) is 16.0 Å². The number of anilines is 1. The number of rotatable bonds is 4. The van der Waals surface area contributed by atoms with Gasteiger partial charge in [-0.15, -0.1) is 6.42 Å². The highest BCUT2D eigenvalue weighted by Gasteiger charge is 2.17. The van der Waals surface area contributed by atoms with Crippen molar-refractivity contribution in [3.63, 3.8) is 0 Å². The standard InChI is InChI=1S/C15H16N2O3/c1-3-8-16-15(19)10(2)20-12-6-4-11-5-7-14(18)17-13(11)9-12/h1,4,6,9-10H,5,7-8H2,2H3,(H,16,19)(H,17,18). The van der Waals surface area contributed by atoms with Crippen LogP contribution in [0, 0.1) is 12.3 Å². The number of hydrogen-bond acceptors (Lipinski definition) is 3. The number of ether oxygens (including phenoxy) is 1. The van der Waals surface area contributed by atoms with Crippen molar-refractivity contribution in [2.24, 2.45) is 0 Å². The Morgan fingerprint density at radius 2 is 2.35 bits per heavy atom. The van der Waals surface area contributed by atoms with E-state index in [1.807, 2.05) is 6.07 Å². The molecule has 0 fully saturated rings. The predicted molar refractivity (Wildman–Crippen MR) is 75.3 cm³/mol. The van der Waals surface area contributed by atoms with Crippen LogP contribution in [-0.4, -0.2) is 24.5 Å². The summed E-state index contributed by atoms with van der Waals surface area (Å²) in [6.45, 7) is 1.82. The molecule has 0 radical (unpaired) electrons. The maximum atomic E-state index is 11.6. The Balaban J connectivity index is 2.03. The van der Waals surface area contributed by atoms with Crippen LogP contribution in [0.5, 0.6) is 5.75 Å². The molecule has 5 nitrogen and oxygen atoms in total. The average Bonchev–Trinajstić information content (AvgIpc) is 2.44. The third kappa shape index (κ3) is 3.29. The van der Waals surface area contributed by atoms with Crippen molar-refractivity contribution in [3.8, 4) is 18.1 Å². The van der Waals surface area contributed by atoms with Crippen molar-refractivity contribution in [1.29, 1.82) is 0 Å². The predicted octanol–water partition coefficient (Wildman–Crippen LogP) is 1.09. The van der Waals surface area contributed by atoms with Gasteiger partial charge >= 0.3 is 0 Å². The number of carbonyl (C=O) groups excluding carboxylic acids is 2. The molecule has 0 aliphatic carbocycles. The first-order chi connectivity index (χ1) is 9.60. The summed E-state index contributed by atoms with van der Waals surface area (Å²) in [5.74, 6) is 2.59. The van der Waals surface area contributed by atoms with E-state index in [1.54, 1.807) is 19.1 Å². The SMILES string of the molecule is C#CCNC(=O)C(C)Oc1ccc2c(c1)NC(=O)CC2. The molecule has 1 aromatic rings. The lowest BCUT2D eigenvalue weighted by atomic mass is 10.0. The Bertz CT molecular complexity index is 575. The van der Waals surface area contributed by atoms with Crippen LogP contribution < -0.4 is 15.4 Å². The van der Waals surface area contributed by atoms with Gasteiger partial charge in [-0.1, -0.05) is 12.0 Å². The van der Waals surface area contributed by atoms with Gasteiger partial charge in [0.15, 0.2) is 6.10 Å². The van der Waals surface area contributed by atoms with Gasteiger partial charge in [-0.05, 0) is 25.0 Å². The summed E-state index contributed by atoms with van der Waals surface area (Å²) in [7, 11) is 0. The highest BCUT2D eigenvalue weighted by molar-refractivity contribution is 5.94. The molecule has 2 N–H and O–H groups in total. The van der Waals surface area contributed by atoms with Gasteiger partial charge in [0, 0.05) is 18.2 Å². The zero-order valence-corrected chi connectivity index (χ0v) is 11.2. The van der Waals surface area contributed by atoms with E-state index in [4.69, 9.17) is 11.2 Å². The summed E-state index contributed by atoms with van der Waals surface area (Å²) in [6, 6.07) is 5.43. The van der Waals surface area contributed by atoms with E-state index in [-0.39, 0.29) is 18.4 Å². The zero-order valence-electron chi connectivity index (χ0n) is 11.2. The highest BCUT2D eigenvalue weighted by atomic mass is 16.5. The zero-order chi connectivity index (χ0) is 14.5. The lowest BCUT2D eigenvalue weighted by Gasteiger charge is -2.19. The van der Waals surface area contributed by atoms with E-state index in [9.17, 15) is 9.59 Å². The lowest BCUT2D eigenvalue weighted by molar-refractivity contribution is -0.127. The third-order valence-corrected chi connectivity index (χ3v) is 3.02. The molecule has 2 rings (SSSR count). The fourth-order valence-electron chi connectivity index (χ4n) is 1.96. The highest BCUT2D eigenvalue weighted by Crippen LogP contribution is 2.27. The lowest BCUT2D eigenvalue weighted by Crippen LogP contribution is -2.36. The first-order valence-electron chi connectivity index (χ1n) is 6.41. The van der Waals surface area contributed by atoms with Crippen LogP contribution in [0.25, 0.3) is 0 Å². The molecule has 1 aliphatic heterocycles. The van der Waals surface area contributed by atoms with Gasteiger partial charge in [-0.25, -0.2) is 0 Å². The number of aryl methyl sites for hydroxylation is 1. The first-order valence-corrected chi connectivity index (χ1v) is 6.41. The second-order valence-corrected chi connectivity index (χ2v) is 4.55. The van der Waals surface area contributed by atoms with Gasteiger partial charge in [0.2, 0.25) is 5.91 Å². The summed E-state index contributed by atoms with van der Waals surface area (Å²) in [4.78, 5) is 23.0. The van der Waals surface area contributed by atoms with Gasteiger partial charge in [-0.3, -0.25) is 9.59 Å². The Labute approximate surface area is 117 Å². The third-order valence-electron chi connectivity index (χ3n) is 3.02. The van der Waals surface area contributed by atoms with Gasteiger partial charge in [0.25, 0.3) is 5.91 Å². The van der Waals surface area contributed by atoms with Gasteiger partial charge in [0.05, 0.1) is 6.54 Å². The van der Waals surface area contributed by atoms with Crippen molar-refractivity contribution >= 4 is 17.5 Å². The maximum Gasteiger partial charge on any atom is 0.261 e. The molecule has 1 aromatic carbocycles. The fourth-order valence-corrected chi connectivity index (χ4v) is 1.96. The fraction of sp³-hybridized carbons (Fsp3) is 0.333. The molecule has 1 unspecified atom stereocenters. The summed E-state index contributed by atoms with van der Waals surface area (Å²) < 4.78 is 5.54. The molecular formula is C15H16N2O3. The van der Waals surface area contributed by atoms with E-state index in [0.717, 1.165) is 17.7 Å². The summed E-state index contributed by atoms with van der Waals surface area (Å²) in [5, 5.41) is 5.34. The number of hydrogen-bond donors (Lipinski definition) is 2. The largest absolute Gasteiger partial charge is 0.481 e. The van der Waals surface area contributed by atoms with E-state index in [2.05, 4.69) is 16.6 Å². The number of amides is 2. The Kier molecular flexibility index (Phi) is 4.26. The Hall–Kier alpha value is -2.48. The van der Waals surface area contributed by atoms with E-state index in [1.165, 1.54) is 0 Å². The number of fused-ring (bicyclic) bond motifs is 1. The number of carbonyl (C=O) groups is 2. The van der Waals surface area contributed by atoms with E-state index in [0.29, 0.717) is 12.2 Å². The molecule has 0 aromatic heterocycles. The minimum Gasteiger partial charge on any atom is -0.481 e. The first kappa shape index (κ1) is 13.9. The van der Waals surface area contributed by atoms with Crippen molar-refractivity contribution in [1.82, 2.24) is 5.32 Å². The second kappa shape index (κ2) is 6.11. The Morgan fingerprint density at radius 3 is 3.10 bits per heavy atom. The molecule has 1 aliphatic rings. The molecule has 0 bridgehead atoms. The maximum absolute atomic E-state index is 11.6. The summed E-state index contributed by atoms with van der Waals surface area (Å²) in [5.41, 5.74) is 1.82. The van der Waals surface area contributed by atoms with Crippen LogP contribution >= 0.6 is 0 Å². The molecule has 5 heteroatoms. The van der Waals surface area contributed by atoms with E-state index >= 15 is 0 Å². The monoisotopic (exact) mass is 272 g/mol. The van der Waals surface area contributed by atoms with E-state index < -0.39 is 6.10 Å². The normalized spacial score (nSPS) is 14.5. The molecule has 20 heavy (non-hydrogen) atoms. The van der Waals surface area contributed by atoms with Gasteiger partial charge in [-0.2, -0.15) is 0 Å². The minimum atomic E-state index is -0.652. The van der Waals surface area contributed by atoms with Gasteiger partial charge in [0.1, 0.15) is 5.75 Å². The molecule has 0 saturated carbocycles. The number of benzene rings is 1. The molecular weight excluding hydrogens is 256 g/mol. The minimum absolute atomic E-state index is 0.00513. The summed E-state index contributed by atoms with van der Waals surface area (Å²) >= 11 is 0. The quantitative estimate of drug-likeness (QED) is 0.806. The summed E-state index contributed by atoms with van der Waals surface area (Å²) in [6.07, 6.45) is 5.64. The number of terminal acetylenes is 1. The average molecular weight is 272 g/mol. The van der Waals surface area contributed by atoms with Crippen LogP contribution in [0.4, 0.5) is 5.69 Å². The molecule has 0 spiro atoms. The second-order valence-electron chi connectivity index (χ2n) is 4.55. The molecule has 0 saturated heterocycles. The van der Waals surface area contributed by atoms with Gasteiger partial charge < -0.3 is 15.4 Å². The topological polar surface area (TPSA) is 67.4 Å². The van der Waals surface area contributed by atoms with Crippen molar-refractivity contribution in [2.75, 3.05) is 11.9 Å². The molecule has 104 valence electrons. The molecule has 1 atom stereocenters. The Morgan fingerprint density at radius 1 is 1.55 bits per heavy atom. The van der Waals surface area contributed by atoms with Crippen molar-refractivity contribution in [2.45, 2.75) is 25.9 Å². The van der Waals surface area contributed by atoms with Crippen LogP contribution in [0.1, 0.15) is 18.9 Å². The molecule has 2 amide bonds. The van der Waals surface area contributed by atoms with Crippen LogP contribution in [0.3, 0.4) is 0 Å². The van der Waals surface area contributed by atoms with Crippen molar-refractivity contribution in [3.05, 3.63) is 23.8 Å². The molecule has 1 heterocycles. The van der Waals surface area contributed by atoms with Crippen molar-refractivity contribution < 1.29 is 14.3 Å².